The number of nitrogens with one attached hydrogen (secondary N) is 1. The molecule has 2 N–H and O–H groups in total. The first-order valence-electron chi connectivity index (χ1n) is 6.29. The van der Waals surface area contributed by atoms with Crippen molar-refractivity contribution in [3.63, 3.8) is 0 Å². The summed E-state index contributed by atoms with van der Waals surface area (Å²) in [5, 5.41) is 8.55. The van der Waals surface area contributed by atoms with Gasteiger partial charge in [0.2, 0.25) is 0 Å². The van der Waals surface area contributed by atoms with Crippen molar-refractivity contribution in [3.05, 3.63) is 28.0 Å². The lowest BCUT2D eigenvalue weighted by molar-refractivity contribution is -0.131. The first-order valence-corrected chi connectivity index (χ1v) is 8.55. The number of rotatable bonds is 6. The summed E-state index contributed by atoms with van der Waals surface area (Å²) in [5.74, 6) is -1.02. The molecule has 0 aromatic carbocycles. The summed E-state index contributed by atoms with van der Waals surface area (Å²) in [6, 6.07) is 3.52. The van der Waals surface area contributed by atoms with Gasteiger partial charge in [0.05, 0.1) is 13.2 Å². The third kappa shape index (κ3) is 4.90. The van der Waals surface area contributed by atoms with E-state index in [1.54, 1.807) is 12.1 Å². The van der Waals surface area contributed by atoms with Crippen LogP contribution >= 0.6 is 11.3 Å². The summed E-state index contributed by atoms with van der Waals surface area (Å²) in [7, 11) is -3.50. The summed E-state index contributed by atoms with van der Waals surface area (Å²) in [5.41, 5.74) is 0. The van der Waals surface area contributed by atoms with Gasteiger partial charge < -0.3 is 9.84 Å². The molecular formula is C12H16N2O5S2. The zero-order valence-electron chi connectivity index (χ0n) is 11.2. The number of carbonyl (C=O) groups is 1. The number of thiophene rings is 1. The molecule has 0 aliphatic carbocycles. The van der Waals surface area contributed by atoms with E-state index in [1.165, 1.54) is 21.7 Å². The van der Waals surface area contributed by atoms with E-state index in [9.17, 15) is 13.2 Å². The molecule has 7 nitrogen and oxygen atoms in total. The molecule has 1 aliphatic rings. The maximum Gasteiger partial charge on any atom is 0.328 e. The molecule has 116 valence electrons. The van der Waals surface area contributed by atoms with Crippen LogP contribution in [0.2, 0.25) is 0 Å². The van der Waals surface area contributed by atoms with Gasteiger partial charge in [0, 0.05) is 35.5 Å². The molecule has 21 heavy (non-hydrogen) atoms. The van der Waals surface area contributed by atoms with Crippen molar-refractivity contribution >= 4 is 33.6 Å². The summed E-state index contributed by atoms with van der Waals surface area (Å²) in [4.78, 5) is 12.0. The van der Waals surface area contributed by atoms with Gasteiger partial charge in [-0.3, -0.25) is 0 Å². The summed E-state index contributed by atoms with van der Waals surface area (Å²) in [6.07, 6.45) is 2.53. The predicted octanol–water partition coefficient (Wildman–Crippen LogP) is 0.513. The largest absolute Gasteiger partial charge is 0.478 e. The smallest absolute Gasteiger partial charge is 0.328 e. The maximum absolute atomic E-state index is 12.1. The molecule has 9 heteroatoms. The SMILES string of the molecule is O=C(O)C=Cc1ccc(CNS(=O)(=O)N2CCOCC2)s1. The Balaban J connectivity index is 1.91. The van der Waals surface area contributed by atoms with Crippen molar-refractivity contribution in [2.45, 2.75) is 6.54 Å². The van der Waals surface area contributed by atoms with Crippen LogP contribution in [0.15, 0.2) is 18.2 Å². The van der Waals surface area contributed by atoms with E-state index in [1.807, 2.05) is 0 Å². The van der Waals surface area contributed by atoms with E-state index in [-0.39, 0.29) is 6.54 Å². The highest BCUT2D eigenvalue weighted by atomic mass is 32.2. The number of morpholine rings is 1. The van der Waals surface area contributed by atoms with Crippen molar-refractivity contribution in [2.24, 2.45) is 0 Å². The molecule has 0 amide bonds. The molecular weight excluding hydrogens is 316 g/mol. The molecule has 0 atom stereocenters. The van der Waals surface area contributed by atoms with E-state index >= 15 is 0 Å². The van der Waals surface area contributed by atoms with Gasteiger partial charge in [0.25, 0.3) is 10.2 Å². The van der Waals surface area contributed by atoms with Crippen molar-refractivity contribution in [1.29, 1.82) is 0 Å². The second-order valence-corrected chi connectivity index (χ2v) is 7.27. The van der Waals surface area contributed by atoms with Crippen molar-refractivity contribution < 1.29 is 23.1 Å². The fourth-order valence-corrected chi connectivity index (χ4v) is 3.87. The Hall–Kier alpha value is -1.26. The third-order valence-corrected chi connectivity index (χ3v) is 5.42. The molecule has 0 unspecified atom stereocenters. The van der Waals surface area contributed by atoms with Crippen LogP contribution in [-0.2, 0) is 26.3 Å². The van der Waals surface area contributed by atoms with Gasteiger partial charge in [0.1, 0.15) is 0 Å². The molecule has 2 rings (SSSR count). The minimum Gasteiger partial charge on any atom is -0.478 e. The number of carboxylic acids is 1. The Kier molecular flexibility index (Phi) is 5.48. The Morgan fingerprint density at radius 1 is 1.43 bits per heavy atom. The second-order valence-electron chi connectivity index (χ2n) is 4.31. The Morgan fingerprint density at radius 3 is 2.81 bits per heavy atom. The fourth-order valence-electron chi connectivity index (χ4n) is 1.77. The average molecular weight is 332 g/mol. The van der Waals surface area contributed by atoms with Crippen molar-refractivity contribution in [3.8, 4) is 0 Å². The lowest BCUT2D eigenvalue weighted by Gasteiger charge is -2.25. The minimum atomic E-state index is -3.50. The molecule has 1 fully saturated rings. The van der Waals surface area contributed by atoms with Crippen LogP contribution in [0.1, 0.15) is 9.75 Å². The lowest BCUT2D eigenvalue weighted by Crippen LogP contribution is -2.46. The van der Waals surface area contributed by atoms with Gasteiger partial charge in [0.15, 0.2) is 0 Å². The number of hydrogen-bond donors (Lipinski definition) is 2. The van der Waals surface area contributed by atoms with E-state index in [2.05, 4.69) is 4.72 Å². The molecule has 0 radical (unpaired) electrons. The first kappa shape index (κ1) is 16.1. The minimum absolute atomic E-state index is 0.186. The summed E-state index contributed by atoms with van der Waals surface area (Å²) < 4.78 is 33.1. The highest BCUT2D eigenvalue weighted by molar-refractivity contribution is 7.87. The first-order chi connectivity index (χ1) is 9.97. The monoisotopic (exact) mass is 332 g/mol. The van der Waals surface area contributed by atoms with E-state index in [4.69, 9.17) is 9.84 Å². The number of aliphatic carboxylic acids is 1. The number of ether oxygens (including phenoxy) is 1. The normalized spacial score (nSPS) is 17.3. The molecule has 1 aromatic heterocycles. The zero-order valence-corrected chi connectivity index (χ0v) is 12.8. The standard InChI is InChI=1S/C12H16N2O5S2/c15-12(16)4-3-10-1-2-11(20-10)9-13-21(17,18)14-5-7-19-8-6-14/h1-4,13H,5-9H2,(H,15,16). The number of hydrogen-bond acceptors (Lipinski definition) is 5. The number of nitrogens with zero attached hydrogens (tertiary/aromatic N) is 1. The Bertz CT molecular complexity index is 617. The van der Waals surface area contributed by atoms with Gasteiger partial charge in [-0.25, -0.2) is 4.79 Å². The van der Waals surface area contributed by atoms with Crippen LogP contribution in [0.5, 0.6) is 0 Å². The molecule has 2 heterocycles. The molecule has 1 saturated heterocycles. The Morgan fingerprint density at radius 2 is 2.14 bits per heavy atom. The Labute approximate surface area is 127 Å². The summed E-state index contributed by atoms with van der Waals surface area (Å²) in [6.45, 7) is 1.71. The van der Waals surface area contributed by atoms with Crippen molar-refractivity contribution in [1.82, 2.24) is 9.03 Å². The molecule has 1 aromatic rings. The fraction of sp³-hybridized carbons (Fsp3) is 0.417. The second kappa shape index (κ2) is 7.14. The predicted molar refractivity (Wildman–Crippen MR) is 79.1 cm³/mol. The topological polar surface area (TPSA) is 95.9 Å². The van der Waals surface area contributed by atoms with Gasteiger partial charge in [-0.05, 0) is 18.2 Å². The molecule has 1 aliphatic heterocycles. The van der Waals surface area contributed by atoms with Crippen LogP contribution in [0.4, 0.5) is 0 Å². The summed E-state index contributed by atoms with van der Waals surface area (Å²) >= 11 is 1.34. The lowest BCUT2D eigenvalue weighted by atomic mass is 10.4. The third-order valence-electron chi connectivity index (χ3n) is 2.81. The van der Waals surface area contributed by atoms with Crippen molar-refractivity contribution in [2.75, 3.05) is 26.3 Å². The van der Waals surface area contributed by atoms with Crippen LogP contribution in [0, 0.1) is 0 Å². The van der Waals surface area contributed by atoms with E-state index < -0.39 is 16.2 Å². The molecule has 0 spiro atoms. The van der Waals surface area contributed by atoms with E-state index in [0.717, 1.165) is 15.8 Å². The van der Waals surface area contributed by atoms with Crippen LogP contribution < -0.4 is 4.72 Å². The van der Waals surface area contributed by atoms with Crippen LogP contribution in [0.25, 0.3) is 6.08 Å². The van der Waals surface area contributed by atoms with Gasteiger partial charge in [-0.15, -0.1) is 11.3 Å². The zero-order chi connectivity index (χ0) is 15.3. The maximum atomic E-state index is 12.1. The highest BCUT2D eigenvalue weighted by Gasteiger charge is 2.23. The molecule has 0 bridgehead atoms. The highest BCUT2D eigenvalue weighted by Crippen LogP contribution is 2.18. The average Bonchev–Trinajstić information content (AvgIpc) is 2.92. The number of carboxylic acid groups (broad SMARTS) is 1. The van der Waals surface area contributed by atoms with Crippen LogP contribution in [-0.4, -0.2) is 50.1 Å². The van der Waals surface area contributed by atoms with Crippen LogP contribution in [0.3, 0.4) is 0 Å². The van der Waals surface area contributed by atoms with Gasteiger partial charge in [-0.1, -0.05) is 0 Å². The molecule has 0 saturated carbocycles. The van der Waals surface area contributed by atoms with Gasteiger partial charge in [-0.2, -0.15) is 17.4 Å². The van der Waals surface area contributed by atoms with Gasteiger partial charge >= 0.3 is 5.97 Å². The quantitative estimate of drug-likeness (QED) is 0.740. The van der Waals surface area contributed by atoms with E-state index in [0.29, 0.717) is 26.3 Å².